The third-order valence-electron chi connectivity index (χ3n) is 5.46. The number of nitrogens with zero attached hydrogens (tertiary/aromatic N) is 6. The molecule has 3 rings (SSSR count). The zero-order valence-corrected chi connectivity index (χ0v) is 21.0. The maximum Gasteiger partial charge on any atom is 0.364 e. The van der Waals surface area contributed by atoms with Gasteiger partial charge >= 0.3 is 13.6 Å². The predicted molar refractivity (Wildman–Crippen MR) is 122 cm³/mol. The van der Waals surface area contributed by atoms with Crippen molar-refractivity contribution in [3.05, 3.63) is 10.4 Å². The van der Waals surface area contributed by atoms with Gasteiger partial charge in [-0.25, -0.2) is 9.48 Å². The maximum absolute atomic E-state index is 13.4. The lowest BCUT2D eigenvalue weighted by molar-refractivity contribution is -0.137. The average molecular weight is 549 g/mol. The van der Waals surface area contributed by atoms with E-state index >= 15 is 0 Å². The number of carbonyl (C=O) groups is 2. The molecule has 3 heterocycles. The molecule has 0 saturated carbocycles. The lowest BCUT2D eigenvalue weighted by Crippen LogP contribution is -2.40. The molecule has 18 nitrogen and oxygen atoms in total. The highest BCUT2D eigenvalue weighted by atomic mass is 31.2. The van der Waals surface area contributed by atoms with E-state index in [4.69, 9.17) is 19.5 Å². The molecule has 0 bridgehead atoms. The lowest BCUT2D eigenvalue weighted by atomic mass is 10.1. The van der Waals surface area contributed by atoms with E-state index in [-0.39, 0.29) is 30.1 Å². The van der Waals surface area contributed by atoms with E-state index in [9.17, 15) is 39.4 Å². The van der Waals surface area contributed by atoms with Crippen LogP contribution in [0.4, 0.5) is 5.82 Å². The van der Waals surface area contributed by atoms with Gasteiger partial charge in [-0.15, -0.1) is 5.10 Å². The Morgan fingerprint density at radius 1 is 1.24 bits per heavy atom. The van der Waals surface area contributed by atoms with Gasteiger partial charge in [0.2, 0.25) is 11.7 Å². The molecule has 0 spiro atoms. The Labute approximate surface area is 208 Å². The Morgan fingerprint density at radius 3 is 2.35 bits per heavy atom. The molecule has 19 heteroatoms. The number of ether oxygens (including phenoxy) is 1. The fourth-order valence-electron chi connectivity index (χ4n) is 3.90. The Balaban J connectivity index is 2.20. The number of primary amides is 1. The van der Waals surface area contributed by atoms with Gasteiger partial charge in [-0.05, 0) is 13.8 Å². The number of carboxylic acid groups (broad SMARTS) is 1. The van der Waals surface area contributed by atoms with Crippen LogP contribution in [0.25, 0.3) is 11.0 Å². The zero-order valence-electron chi connectivity index (χ0n) is 20.1. The summed E-state index contributed by atoms with van der Waals surface area (Å²) in [6, 6.07) is 0. The summed E-state index contributed by atoms with van der Waals surface area (Å²) in [4.78, 5) is 38.2. The molecule has 0 aliphatic carbocycles. The summed E-state index contributed by atoms with van der Waals surface area (Å²) >= 11 is 0. The van der Waals surface area contributed by atoms with Gasteiger partial charge in [-0.1, -0.05) is 5.21 Å². The third kappa shape index (κ3) is 5.22. The number of nitrogens with two attached hydrogens (primary N) is 1. The summed E-state index contributed by atoms with van der Waals surface area (Å²) in [5.41, 5.74) is 3.59. The first kappa shape index (κ1) is 28.6. The fourth-order valence-corrected chi connectivity index (χ4v) is 5.78. The Morgan fingerprint density at radius 2 is 1.86 bits per heavy atom. The maximum atomic E-state index is 13.4. The molecule has 206 valence electrons. The first-order valence-corrected chi connectivity index (χ1v) is 12.6. The van der Waals surface area contributed by atoms with E-state index in [1.54, 1.807) is 0 Å². The second-order valence-corrected chi connectivity index (χ2v) is 10.00. The summed E-state index contributed by atoms with van der Waals surface area (Å²) in [5.74, 6) is -4.77. The lowest BCUT2D eigenvalue weighted by Gasteiger charge is -2.30. The average Bonchev–Trinajstić information content (AvgIpc) is 3.31. The van der Waals surface area contributed by atoms with Crippen molar-refractivity contribution in [2.75, 3.05) is 31.8 Å². The van der Waals surface area contributed by atoms with Crippen LogP contribution in [0.2, 0.25) is 0 Å². The molecule has 1 saturated heterocycles. The molecule has 0 aromatic carbocycles. The summed E-state index contributed by atoms with van der Waals surface area (Å²) in [6.45, 7) is 1.40. The van der Waals surface area contributed by atoms with Crippen molar-refractivity contribution in [1.82, 2.24) is 24.8 Å². The number of carbonyl (C=O) groups excluding carboxylic acids is 1. The molecule has 5 atom stereocenters. The second kappa shape index (κ2) is 11.2. The van der Waals surface area contributed by atoms with Gasteiger partial charge in [-0.3, -0.25) is 14.2 Å². The van der Waals surface area contributed by atoms with E-state index in [1.165, 1.54) is 20.9 Å². The van der Waals surface area contributed by atoms with Crippen LogP contribution in [0, 0.1) is 0 Å². The van der Waals surface area contributed by atoms with Crippen LogP contribution >= 0.6 is 7.60 Å². The number of aromatic nitrogens is 5. The predicted octanol–water partition coefficient (Wildman–Crippen LogP) is -2.80. The Kier molecular flexibility index (Phi) is 8.63. The number of hydrogen-bond acceptors (Lipinski definition) is 14. The highest BCUT2D eigenvalue weighted by Crippen LogP contribution is 2.54. The molecular weight excluding hydrogens is 521 g/mol. The van der Waals surface area contributed by atoms with Crippen LogP contribution in [0.15, 0.2) is 4.79 Å². The van der Waals surface area contributed by atoms with Crippen molar-refractivity contribution < 1.29 is 48.4 Å². The van der Waals surface area contributed by atoms with E-state index in [0.29, 0.717) is 4.68 Å². The van der Waals surface area contributed by atoms with Crippen molar-refractivity contribution in [1.29, 1.82) is 0 Å². The minimum absolute atomic E-state index is 0.138. The molecule has 1 aliphatic rings. The highest BCUT2D eigenvalue weighted by molar-refractivity contribution is 7.55. The van der Waals surface area contributed by atoms with Gasteiger partial charge in [0.15, 0.2) is 23.1 Å². The van der Waals surface area contributed by atoms with Crippen molar-refractivity contribution >= 4 is 36.3 Å². The highest BCUT2D eigenvalue weighted by Gasteiger charge is 2.47. The minimum Gasteiger partial charge on any atom is -0.479 e. The van der Waals surface area contributed by atoms with Crippen LogP contribution in [0.1, 0.15) is 20.1 Å². The number of hydrogen-bond donors (Lipinski definition) is 5. The largest absolute Gasteiger partial charge is 0.479 e. The number of rotatable bonds is 12. The van der Waals surface area contributed by atoms with Crippen LogP contribution in [0.5, 0.6) is 0 Å². The molecule has 6 N–H and O–H groups in total. The SMILES string of the molecule is CCOP(=O)(OCC)C(C(=O)O)N(C)c1nn(CC(N)=O)c2c(=O)n(C3OC(CO)C(O)C3O)nnc12. The number of aliphatic carboxylic acids is 1. The smallest absolute Gasteiger partial charge is 0.364 e. The van der Waals surface area contributed by atoms with Crippen LogP contribution in [-0.4, -0.2) is 108 Å². The summed E-state index contributed by atoms with van der Waals surface area (Å²) < 4.78 is 30.5. The van der Waals surface area contributed by atoms with Gasteiger partial charge in [0, 0.05) is 7.05 Å². The number of likely N-dealkylation sites (N-methyl/N-ethyl adjacent to an activating group) is 1. The van der Waals surface area contributed by atoms with E-state index in [0.717, 1.165) is 9.58 Å². The quantitative estimate of drug-likeness (QED) is 0.168. The van der Waals surface area contributed by atoms with Crippen LogP contribution in [-0.2, 0) is 34.5 Å². The first-order valence-electron chi connectivity index (χ1n) is 11.0. The Hall–Kier alpha value is -2.99. The van der Waals surface area contributed by atoms with Crippen molar-refractivity contribution in [3.8, 4) is 0 Å². The molecule has 1 amide bonds. The summed E-state index contributed by atoms with van der Waals surface area (Å²) in [5, 5.41) is 51.3. The number of fused-ring (bicyclic) bond motifs is 1. The molecule has 2 aromatic heterocycles. The second-order valence-electron chi connectivity index (χ2n) is 7.91. The number of anilines is 1. The molecule has 5 unspecified atom stereocenters. The zero-order chi connectivity index (χ0) is 27.7. The van der Waals surface area contributed by atoms with Crippen molar-refractivity contribution in [2.24, 2.45) is 5.73 Å². The number of aliphatic hydroxyl groups excluding tert-OH is 3. The molecular formula is C18H28N7O11P. The van der Waals surface area contributed by atoms with Crippen LogP contribution < -0.4 is 16.2 Å². The number of carboxylic acids is 1. The summed E-state index contributed by atoms with van der Waals surface area (Å²) in [6.07, 6.45) is -5.99. The van der Waals surface area contributed by atoms with E-state index in [1.807, 2.05) is 0 Å². The molecule has 2 aromatic rings. The fraction of sp³-hybridized carbons (Fsp3) is 0.667. The molecule has 1 aliphatic heterocycles. The van der Waals surface area contributed by atoms with Gasteiger partial charge in [0.1, 0.15) is 24.9 Å². The number of aliphatic hydroxyl groups is 3. The standard InChI is InChI=1S/C18H28N7O11P/c1-4-34-37(33,35-5-2)17(18(31)32)23(3)14-10-11(24(21-14)6-9(19)27)15(30)25(22-20-10)16-13(29)12(28)8(7-26)36-16/h8,12-13,16-17,26,28-29H,4-7H2,1-3H3,(H2,19,27)(H,31,32). The minimum atomic E-state index is -4.32. The van der Waals surface area contributed by atoms with Gasteiger partial charge in [-0.2, -0.15) is 9.78 Å². The molecule has 0 radical (unpaired) electrons. The van der Waals surface area contributed by atoms with Crippen LogP contribution in [0.3, 0.4) is 0 Å². The van der Waals surface area contributed by atoms with E-state index < -0.39 is 68.5 Å². The molecule has 1 fully saturated rings. The van der Waals surface area contributed by atoms with Crippen molar-refractivity contribution in [2.45, 2.75) is 50.7 Å². The summed E-state index contributed by atoms with van der Waals surface area (Å²) in [7, 11) is -3.12. The topological polar surface area (TPSA) is 255 Å². The molecule has 37 heavy (non-hydrogen) atoms. The first-order chi connectivity index (χ1) is 17.4. The van der Waals surface area contributed by atoms with Gasteiger partial charge < -0.3 is 44.8 Å². The monoisotopic (exact) mass is 549 g/mol. The van der Waals surface area contributed by atoms with Gasteiger partial charge in [0.25, 0.3) is 5.56 Å². The normalized spacial score (nSPS) is 22.9. The Bertz CT molecular complexity index is 1260. The third-order valence-corrected chi connectivity index (χ3v) is 7.87. The van der Waals surface area contributed by atoms with Crippen molar-refractivity contribution in [3.63, 3.8) is 0 Å². The van der Waals surface area contributed by atoms with Gasteiger partial charge in [0.05, 0.1) is 19.8 Å². The number of amides is 1. The van der Waals surface area contributed by atoms with E-state index in [2.05, 4.69) is 15.4 Å².